The molecule has 0 bridgehead atoms. The number of rotatable bonds is 6. The van der Waals surface area contributed by atoms with Crippen LogP contribution in [-0.4, -0.2) is 35.6 Å². The third-order valence-corrected chi connectivity index (χ3v) is 8.94. The molecule has 0 saturated carbocycles. The molecule has 196 valence electrons. The average molecular weight is 550 g/mol. The Kier molecular flexibility index (Phi) is 6.95. The zero-order chi connectivity index (χ0) is 27.0. The van der Waals surface area contributed by atoms with Crippen molar-refractivity contribution in [3.63, 3.8) is 0 Å². The van der Waals surface area contributed by atoms with Gasteiger partial charge in [0, 0.05) is 41.0 Å². The standard InChI is InChI=1S/C28H27N3O5S2/c1-17-12-23(38(35,36)30-15-22-4-3-11-37-22)16-29-27(17)20-7-10-25-19(13-20)6-5-18(2)31(25)28(34)24-9-8-21(32)14-26(24)33/h3-4,7-14,16,18,30,32-33H,5-6,15H2,1-2H3/t18-/m0/s1. The van der Waals surface area contributed by atoms with Gasteiger partial charge in [-0.05, 0) is 79.6 Å². The van der Waals surface area contributed by atoms with E-state index in [0.29, 0.717) is 5.69 Å². The number of hydrogen-bond acceptors (Lipinski definition) is 7. The summed E-state index contributed by atoms with van der Waals surface area (Å²) in [6, 6.07) is 14.9. The molecule has 8 nitrogen and oxygen atoms in total. The number of phenolic OH excluding ortho intramolecular Hbond substituents is 2. The molecular formula is C28H27N3O5S2. The summed E-state index contributed by atoms with van der Waals surface area (Å²) in [4.78, 5) is 20.6. The summed E-state index contributed by atoms with van der Waals surface area (Å²) in [5.41, 5.74) is 4.04. The second-order valence-electron chi connectivity index (χ2n) is 9.35. The SMILES string of the molecule is Cc1cc(S(=O)(=O)NCc2cccs2)cnc1-c1ccc2c(c1)CC[C@H](C)N2C(=O)c1ccc(O)cc1O. The molecule has 1 amide bonds. The third-order valence-electron chi connectivity index (χ3n) is 6.70. The minimum absolute atomic E-state index is 0.0833. The first kappa shape index (κ1) is 25.9. The Labute approximate surface area is 225 Å². The van der Waals surface area contributed by atoms with E-state index in [1.54, 1.807) is 11.0 Å². The summed E-state index contributed by atoms with van der Waals surface area (Å²) in [7, 11) is -3.71. The topological polar surface area (TPSA) is 120 Å². The normalized spacial score (nSPS) is 15.3. The third kappa shape index (κ3) is 5.02. The second-order valence-corrected chi connectivity index (χ2v) is 12.1. The minimum Gasteiger partial charge on any atom is -0.508 e. The van der Waals surface area contributed by atoms with Gasteiger partial charge in [0.05, 0.1) is 11.3 Å². The fourth-order valence-electron chi connectivity index (χ4n) is 4.70. The van der Waals surface area contributed by atoms with Crippen LogP contribution in [-0.2, 0) is 23.0 Å². The molecule has 10 heteroatoms. The van der Waals surface area contributed by atoms with Crippen molar-refractivity contribution in [2.45, 2.75) is 44.2 Å². The van der Waals surface area contributed by atoms with E-state index in [4.69, 9.17) is 0 Å². The molecule has 1 aliphatic rings. The van der Waals surface area contributed by atoms with Crippen LogP contribution in [0.1, 0.15) is 39.7 Å². The number of aryl methyl sites for hydroxylation is 2. The molecule has 3 heterocycles. The first-order valence-electron chi connectivity index (χ1n) is 12.1. The number of nitrogens with one attached hydrogen (secondary N) is 1. The van der Waals surface area contributed by atoms with E-state index < -0.39 is 10.0 Å². The average Bonchev–Trinajstić information content (AvgIpc) is 3.41. The molecule has 1 aliphatic heterocycles. The monoisotopic (exact) mass is 549 g/mol. The molecule has 0 saturated heterocycles. The van der Waals surface area contributed by atoms with Gasteiger partial charge in [-0.1, -0.05) is 12.1 Å². The highest BCUT2D eigenvalue weighted by atomic mass is 32.2. The van der Waals surface area contributed by atoms with E-state index in [0.717, 1.165) is 46.2 Å². The van der Waals surface area contributed by atoms with Crippen molar-refractivity contribution in [1.82, 2.24) is 9.71 Å². The highest BCUT2D eigenvalue weighted by Gasteiger charge is 2.31. The summed E-state index contributed by atoms with van der Waals surface area (Å²) in [5, 5.41) is 21.7. The highest BCUT2D eigenvalue weighted by molar-refractivity contribution is 7.89. The highest BCUT2D eigenvalue weighted by Crippen LogP contribution is 2.37. The molecule has 4 aromatic rings. The van der Waals surface area contributed by atoms with Crippen LogP contribution in [0.5, 0.6) is 11.5 Å². The number of aromatic nitrogens is 1. The molecule has 38 heavy (non-hydrogen) atoms. The maximum atomic E-state index is 13.4. The number of nitrogens with zero attached hydrogens (tertiary/aromatic N) is 2. The maximum absolute atomic E-state index is 13.4. The number of amides is 1. The Morgan fingerprint density at radius 3 is 2.68 bits per heavy atom. The fourth-order valence-corrected chi connectivity index (χ4v) is 6.47. The largest absolute Gasteiger partial charge is 0.508 e. The van der Waals surface area contributed by atoms with Crippen molar-refractivity contribution in [3.8, 4) is 22.8 Å². The van der Waals surface area contributed by atoms with Gasteiger partial charge in [-0.3, -0.25) is 9.78 Å². The fraction of sp³-hybridized carbons (Fsp3) is 0.214. The van der Waals surface area contributed by atoms with Gasteiger partial charge in [-0.2, -0.15) is 0 Å². The van der Waals surface area contributed by atoms with Crippen molar-refractivity contribution in [3.05, 3.63) is 87.7 Å². The van der Waals surface area contributed by atoms with Crippen molar-refractivity contribution < 1.29 is 23.4 Å². The van der Waals surface area contributed by atoms with Gasteiger partial charge >= 0.3 is 0 Å². The maximum Gasteiger partial charge on any atom is 0.262 e. The smallest absolute Gasteiger partial charge is 0.262 e. The number of sulfonamides is 1. The van der Waals surface area contributed by atoms with E-state index in [9.17, 15) is 23.4 Å². The molecule has 2 aromatic carbocycles. The first-order chi connectivity index (χ1) is 18.1. The van der Waals surface area contributed by atoms with Gasteiger partial charge in [0.1, 0.15) is 16.4 Å². The molecule has 3 N–H and O–H groups in total. The molecular weight excluding hydrogens is 522 g/mol. The molecule has 1 atom stereocenters. The summed E-state index contributed by atoms with van der Waals surface area (Å²) in [5.74, 6) is -0.732. The molecule has 2 aromatic heterocycles. The number of thiophene rings is 1. The van der Waals surface area contributed by atoms with Crippen LogP contribution in [0.2, 0.25) is 0 Å². The van der Waals surface area contributed by atoms with Gasteiger partial charge in [0.25, 0.3) is 5.91 Å². The van der Waals surface area contributed by atoms with Crippen LogP contribution in [0.25, 0.3) is 11.3 Å². The van der Waals surface area contributed by atoms with Gasteiger partial charge in [-0.15, -0.1) is 11.3 Å². The molecule has 0 spiro atoms. The molecule has 0 fully saturated rings. The Hall–Kier alpha value is -3.73. The van der Waals surface area contributed by atoms with Crippen LogP contribution < -0.4 is 9.62 Å². The van der Waals surface area contributed by atoms with Crippen LogP contribution in [0, 0.1) is 6.92 Å². The Balaban J connectivity index is 1.42. The van der Waals surface area contributed by atoms with E-state index in [-0.39, 0.29) is 40.5 Å². The van der Waals surface area contributed by atoms with Crippen molar-refractivity contribution in [2.75, 3.05) is 4.90 Å². The number of hydrogen-bond donors (Lipinski definition) is 3. The molecule has 5 rings (SSSR count). The van der Waals surface area contributed by atoms with Gasteiger partial charge in [0.15, 0.2) is 0 Å². The van der Waals surface area contributed by atoms with Gasteiger partial charge in [0.2, 0.25) is 10.0 Å². The number of pyridine rings is 1. The van der Waals surface area contributed by atoms with Gasteiger partial charge < -0.3 is 15.1 Å². The number of aromatic hydroxyl groups is 2. The summed E-state index contributed by atoms with van der Waals surface area (Å²) >= 11 is 1.49. The van der Waals surface area contributed by atoms with Crippen LogP contribution in [0.3, 0.4) is 0 Å². The predicted octanol–water partition coefficient (Wildman–Crippen LogP) is 4.99. The Morgan fingerprint density at radius 2 is 1.97 bits per heavy atom. The lowest BCUT2D eigenvalue weighted by molar-refractivity contribution is 0.0972. The minimum atomic E-state index is -3.71. The lowest BCUT2D eigenvalue weighted by atomic mass is 9.92. The van der Waals surface area contributed by atoms with E-state index in [1.807, 2.05) is 49.6 Å². The Bertz CT molecular complexity index is 1620. The van der Waals surface area contributed by atoms with Crippen LogP contribution in [0.15, 0.2) is 71.1 Å². The number of carbonyl (C=O) groups excluding carboxylic acids is 1. The van der Waals surface area contributed by atoms with E-state index in [1.165, 1.54) is 29.7 Å². The summed E-state index contributed by atoms with van der Waals surface area (Å²) < 4.78 is 28.2. The van der Waals surface area contributed by atoms with Gasteiger partial charge in [-0.25, -0.2) is 13.1 Å². The number of phenols is 2. The lowest BCUT2D eigenvalue weighted by Crippen LogP contribution is -2.42. The lowest BCUT2D eigenvalue weighted by Gasteiger charge is -2.35. The van der Waals surface area contributed by atoms with Crippen molar-refractivity contribution in [1.29, 1.82) is 0 Å². The number of fused-ring (bicyclic) bond motifs is 1. The van der Waals surface area contributed by atoms with Crippen LogP contribution >= 0.6 is 11.3 Å². The number of benzene rings is 2. The van der Waals surface area contributed by atoms with E-state index >= 15 is 0 Å². The second kappa shape index (κ2) is 10.2. The Morgan fingerprint density at radius 1 is 1.16 bits per heavy atom. The zero-order valence-corrected chi connectivity index (χ0v) is 22.5. The quantitative estimate of drug-likeness (QED) is 0.312. The zero-order valence-electron chi connectivity index (χ0n) is 20.9. The predicted molar refractivity (Wildman–Crippen MR) is 147 cm³/mol. The number of carbonyl (C=O) groups is 1. The molecule has 0 unspecified atom stereocenters. The molecule has 0 aliphatic carbocycles. The summed E-state index contributed by atoms with van der Waals surface area (Å²) in [6.45, 7) is 4.01. The van der Waals surface area contributed by atoms with Crippen LogP contribution in [0.4, 0.5) is 5.69 Å². The number of anilines is 1. The first-order valence-corrected chi connectivity index (χ1v) is 14.5. The summed E-state index contributed by atoms with van der Waals surface area (Å²) in [6.07, 6.45) is 2.86. The van der Waals surface area contributed by atoms with E-state index in [2.05, 4.69) is 9.71 Å². The molecule has 0 radical (unpaired) electrons. The van der Waals surface area contributed by atoms with Crippen molar-refractivity contribution >= 4 is 33.0 Å². The van der Waals surface area contributed by atoms with Crippen molar-refractivity contribution in [2.24, 2.45) is 0 Å².